The van der Waals surface area contributed by atoms with Gasteiger partial charge in [-0.3, -0.25) is 9.59 Å². The number of aryl methyl sites for hydroxylation is 1. The molecule has 2 aromatic rings. The van der Waals surface area contributed by atoms with E-state index in [2.05, 4.69) is 12.2 Å². The van der Waals surface area contributed by atoms with Crippen molar-refractivity contribution in [1.82, 2.24) is 5.32 Å². The quantitative estimate of drug-likeness (QED) is 0.857. The average Bonchev–Trinajstić information content (AvgIpc) is 3.21. The molecule has 1 atom stereocenters. The molecule has 7 nitrogen and oxygen atoms in total. The fourth-order valence-electron chi connectivity index (χ4n) is 3.26. The van der Waals surface area contributed by atoms with Gasteiger partial charge in [0.05, 0.1) is 12.6 Å². The standard InChI is InChI=1S/C21H22N2O5/c1-2-14-3-6-16(7-4-14)23-11-17(26-12-20(23)24)10-22-21(25)15-5-8-18-19(9-15)28-13-27-18/h3-9,17H,2,10-13H2,1H3,(H,22,25). The Kier molecular flexibility index (Phi) is 5.16. The van der Waals surface area contributed by atoms with Crippen LogP contribution in [0.1, 0.15) is 22.8 Å². The number of ether oxygens (including phenoxy) is 3. The van der Waals surface area contributed by atoms with Gasteiger partial charge in [0, 0.05) is 17.8 Å². The summed E-state index contributed by atoms with van der Waals surface area (Å²) in [6, 6.07) is 13.0. The smallest absolute Gasteiger partial charge is 0.253 e. The zero-order valence-electron chi connectivity index (χ0n) is 15.6. The highest BCUT2D eigenvalue weighted by atomic mass is 16.7. The first-order valence-corrected chi connectivity index (χ1v) is 9.33. The van der Waals surface area contributed by atoms with Crippen LogP contribution in [0.3, 0.4) is 0 Å². The summed E-state index contributed by atoms with van der Waals surface area (Å²) in [4.78, 5) is 26.4. The Bertz CT molecular complexity index is 881. The summed E-state index contributed by atoms with van der Waals surface area (Å²) in [7, 11) is 0. The van der Waals surface area contributed by atoms with Crippen LogP contribution >= 0.6 is 0 Å². The van der Waals surface area contributed by atoms with Crippen molar-refractivity contribution in [2.24, 2.45) is 0 Å². The molecule has 0 aliphatic carbocycles. The molecule has 0 saturated carbocycles. The number of benzene rings is 2. The van der Waals surface area contributed by atoms with Crippen molar-refractivity contribution in [1.29, 1.82) is 0 Å². The maximum absolute atomic E-state index is 12.4. The second-order valence-corrected chi connectivity index (χ2v) is 6.74. The van der Waals surface area contributed by atoms with Crippen LogP contribution in [-0.4, -0.2) is 44.4 Å². The highest BCUT2D eigenvalue weighted by Gasteiger charge is 2.28. The minimum absolute atomic E-state index is 0.0000896. The van der Waals surface area contributed by atoms with Crippen LogP contribution in [0.15, 0.2) is 42.5 Å². The fraction of sp³-hybridized carbons (Fsp3) is 0.333. The molecule has 7 heteroatoms. The molecule has 1 fully saturated rings. The van der Waals surface area contributed by atoms with Gasteiger partial charge < -0.3 is 24.4 Å². The third kappa shape index (κ3) is 3.80. The van der Waals surface area contributed by atoms with Crippen molar-refractivity contribution in [3.05, 3.63) is 53.6 Å². The van der Waals surface area contributed by atoms with Crippen molar-refractivity contribution in [3.8, 4) is 11.5 Å². The summed E-state index contributed by atoms with van der Waals surface area (Å²) in [5.41, 5.74) is 2.55. The third-order valence-corrected chi connectivity index (χ3v) is 4.91. The molecular formula is C21H22N2O5. The Morgan fingerprint density at radius 1 is 1.14 bits per heavy atom. The Morgan fingerprint density at radius 3 is 2.71 bits per heavy atom. The maximum Gasteiger partial charge on any atom is 0.253 e. The number of rotatable bonds is 5. The molecule has 2 aromatic carbocycles. The number of anilines is 1. The number of hydrogen-bond donors (Lipinski definition) is 1. The molecule has 28 heavy (non-hydrogen) atoms. The van der Waals surface area contributed by atoms with Gasteiger partial charge >= 0.3 is 0 Å². The number of nitrogens with one attached hydrogen (secondary N) is 1. The van der Waals surface area contributed by atoms with Crippen molar-refractivity contribution < 1.29 is 23.8 Å². The van der Waals surface area contributed by atoms with Gasteiger partial charge in [-0.25, -0.2) is 0 Å². The molecule has 0 spiro atoms. The van der Waals surface area contributed by atoms with E-state index in [0.717, 1.165) is 12.1 Å². The minimum Gasteiger partial charge on any atom is -0.454 e. The van der Waals surface area contributed by atoms with Crippen LogP contribution in [0, 0.1) is 0 Å². The van der Waals surface area contributed by atoms with Gasteiger partial charge in [0.15, 0.2) is 11.5 Å². The molecule has 1 saturated heterocycles. The molecule has 2 aliphatic heterocycles. The highest BCUT2D eigenvalue weighted by molar-refractivity contribution is 5.96. The summed E-state index contributed by atoms with van der Waals surface area (Å²) in [6.07, 6.45) is 0.674. The third-order valence-electron chi connectivity index (χ3n) is 4.91. The zero-order chi connectivity index (χ0) is 19.5. The number of carbonyl (C=O) groups is 2. The second kappa shape index (κ2) is 7.90. The fourth-order valence-corrected chi connectivity index (χ4v) is 3.26. The molecule has 0 radical (unpaired) electrons. The average molecular weight is 382 g/mol. The van der Waals surface area contributed by atoms with Gasteiger partial charge in [0.2, 0.25) is 6.79 Å². The lowest BCUT2D eigenvalue weighted by Gasteiger charge is -2.33. The van der Waals surface area contributed by atoms with Gasteiger partial charge in [0.25, 0.3) is 11.8 Å². The predicted molar refractivity (Wildman–Crippen MR) is 103 cm³/mol. The highest BCUT2D eigenvalue weighted by Crippen LogP contribution is 2.32. The summed E-state index contributed by atoms with van der Waals surface area (Å²) in [6.45, 7) is 2.96. The molecule has 146 valence electrons. The molecule has 2 amide bonds. The predicted octanol–water partition coefficient (Wildman–Crippen LogP) is 2.14. The summed E-state index contributed by atoms with van der Waals surface area (Å²) in [5, 5.41) is 2.87. The molecular weight excluding hydrogens is 360 g/mol. The van der Waals surface area contributed by atoms with Gasteiger partial charge in [0.1, 0.15) is 6.61 Å². The van der Waals surface area contributed by atoms with Crippen molar-refractivity contribution >= 4 is 17.5 Å². The Morgan fingerprint density at radius 2 is 1.93 bits per heavy atom. The van der Waals surface area contributed by atoms with E-state index in [1.807, 2.05) is 24.3 Å². The number of amides is 2. The van der Waals surface area contributed by atoms with E-state index in [1.54, 1.807) is 23.1 Å². The number of fused-ring (bicyclic) bond motifs is 1. The Labute approximate surface area is 163 Å². The van der Waals surface area contributed by atoms with Crippen molar-refractivity contribution in [2.75, 3.05) is 31.4 Å². The number of morpholine rings is 1. The lowest BCUT2D eigenvalue weighted by atomic mass is 10.1. The first kappa shape index (κ1) is 18.3. The normalized spacial score (nSPS) is 18.2. The monoisotopic (exact) mass is 382 g/mol. The maximum atomic E-state index is 12.4. The van der Waals surface area contributed by atoms with Gasteiger partial charge in [-0.15, -0.1) is 0 Å². The van der Waals surface area contributed by atoms with Crippen LogP contribution in [0.2, 0.25) is 0 Å². The Hall–Kier alpha value is -3.06. The first-order chi connectivity index (χ1) is 13.6. The van der Waals surface area contributed by atoms with Crippen LogP contribution < -0.4 is 19.7 Å². The van der Waals surface area contributed by atoms with Crippen LogP contribution in [-0.2, 0) is 16.0 Å². The second-order valence-electron chi connectivity index (χ2n) is 6.74. The number of nitrogens with zero attached hydrogens (tertiary/aromatic N) is 1. The van der Waals surface area contributed by atoms with E-state index in [1.165, 1.54) is 5.56 Å². The van der Waals surface area contributed by atoms with Crippen LogP contribution in [0.4, 0.5) is 5.69 Å². The minimum atomic E-state index is -0.276. The van der Waals surface area contributed by atoms with E-state index < -0.39 is 0 Å². The van der Waals surface area contributed by atoms with Crippen molar-refractivity contribution in [2.45, 2.75) is 19.4 Å². The largest absolute Gasteiger partial charge is 0.454 e. The van der Waals surface area contributed by atoms with Gasteiger partial charge in [-0.1, -0.05) is 19.1 Å². The molecule has 1 N–H and O–H groups in total. The number of hydrogen-bond acceptors (Lipinski definition) is 5. The molecule has 0 bridgehead atoms. The van der Waals surface area contributed by atoms with Gasteiger partial charge in [-0.2, -0.15) is 0 Å². The SMILES string of the molecule is CCc1ccc(N2CC(CNC(=O)c3ccc4c(c3)OCO4)OCC2=O)cc1. The molecule has 1 unspecified atom stereocenters. The molecule has 2 heterocycles. The van der Waals surface area contributed by atoms with Gasteiger partial charge in [-0.05, 0) is 42.3 Å². The lowest BCUT2D eigenvalue weighted by molar-refractivity contribution is -0.129. The zero-order valence-corrected chi connectivity index (χ0v) is 15.6. The van der Waals surface area contributed by atoms with Crippen LogP contribution in [0.5, 0.6) is 11.5 Å². The Balaban J connectivity index is 1.36. The lowest BCUT2D eigenvalue weighted by Crippen LogP contribution is -2.50. The van der Waals surface area contributed by atoms with Crippen molar-refractivity contribution in [3.63, 3.8) is 0 Å². The summed E-state index contributed by atoms with van der Waals surface area (Å²) >= 11 is 0. The van der Waals surface area contributed by atoms with E-state index in [-0.39, 0.29) is 31.3 Å². The first-order valence-electron chi connectivity index (χ1n) is 9.33. The summed E-state index contributed by atoms with van der Waals surface area (Å²) < 4.78 is 16.2. The molecule has 0 aromatic heterocycles. The van der Waals surface area contributed by atoms with E-state index in [0.29, 0.717) is 30.2 Å². The molecule has 4 rings (SSSR count). The van der Waals surface area contributed by atoms with E-state index in [9.17, 15) is 9.59 Å². The number of carbonyl (C=O) groups excluding carboxylic acids is 2. The van der Waals surface area contributed by atoms with E-state index >= 15 is 0 Å². The van der Waals surface area contributed by atoms with E-state index in [4.69, 9.17) is 14.2 Å². The summed E-state index contributed by atoms with van der Waals surface area (Å²) in [5.74, 6) is 0.893. The van der Waals surface area contributed by atoms with Crippen LogP contribution in [0.25, 0.3) is 0 Å². The topological polar surface area (TPSA) is 77.1 Å². The molecule has 2 aliphatic rings.